The van der Waals surface area contributed by atoms with Crippen LogP contribution in [0.4, 0.5) is 0 Å². The number of pyridine rings is 1. The number of hydrogen-bond donors (Lipinski definition) is 0. The first-order chi connectivity index (χ1) is 16.6. The van der Waals surface area contributed by atoms with Crippen LogP contribution in [-0.2, 0) is 6.42 Å². The molecule has 1 heterocycles. The number of benzene rings is 3. The average Bonchev–Trinajstić information content (AvgIpc) is 2.89. The van der Waals surface area contributed by atoms with Crippen molar-refractivity contribution in [3.05, 3.63) is 111 Å². The molecule has 0 spiro atoms. The van der Waals surface area contributed by atoms with Crippen LogP contribution in [0.3, 0.4) is 0 Å². The fourth-order valence-corrected chi connectivity index (χ4v) is 6.70. The Labute approximate surface area is 215 Å². The number of rotatable bonds is 5. The van der Waals surface area contributed by atoms with E-state index < -0.39 is 0 Å². The maximum absolute atomic E-state index is 6.34. The van der Waals surface area contributed by atoms with Crippen molar-refractivity contribution in [3.63, 3.8) is 0 Å². The molecule has 1 aliphatic carbocycles. The zero-order valence-corrected chi connectivity index (χ0v) is 21.7. The van der Waals surface area contributed by atoms with Crippen molar-refractivity contribution in [1.29, 1.82) is 0 Å². The second kappa shape index (κ2) is 10.4. The highest BCUT2D eigenvalue weighted by Crippen LogP contribution is 2.46. The van der Waals surface area contributed by atoms with Crippen LogP contribution < -0.4 is 0 Å². The standard InChI is InChI=1S/C30H26ClNS2/c1-20-16-17-23(31)18-28(20)34-30(33-2)25-15-9-14-24-26(21-10-5-3-6-11-21)19-27(32-29(24)25)22-12-7-4-8-13-22/h3-8,10-13,16-19H,9,14-15H2,1-2H3/b30-25-. The smallest absolute Gasteiger partial charge is 0.0723 e. The molecule has 0 atom stereocenters. The SMILES string of the molecule is CS/C(Sc1cc(Cl)ccc1C)=C1\CCCc2c(-c3ccccc3)cc(-c3ccccc3)nc21. The van der Waals surface area contributed by atoms with Crippen molar-refractivity contribution in [2.75, 3.05) is 6.26 Å². The van der Waals surface area contributed by atoms with E-state index in [4.69, 9.17) is 16.6 Å². The zero-order chi connectivity index (χ0) is 23.5. The molecule has 0 saturated carbocycles. The molecule has 0 amide bonds. The van der Waals surface area contributed by atoms with Crippen molar-refractivity contribution in [2.24, 2.45) is 0 Å². The first-order valence-electron chi connectivity index (χ1n) is 11.5. The molecule has 0 saturated heterocycles. The van der Waals surface area contributed by atoms with Crippen LogP contribution in [-0.4, -0.2) is 11.2 Å². The van der Waals surface area contributed by atoms with E-state index in [1.165, 1.54) is 37.0 Å². The van der Waals surface area contributed by atoms with Crippen molar-refractivity contribution in [1.82, 2.24) is 4.98 Å². The Balaban J connectivity index is 1.71. The number of allylic oxidation sites excluding steroid dienone is 1. The molecule has 0 fully saturated rings. The van der Waals surface area contributed by atoms with Gasteiger partial charge in [0, 0.05) is 15.5 Å². The van der Waals surface area contributed by atoms with E-state index in [-0.39, 0.29) is 0 Å². The van der Waals surface area contributed by atoms with Gasteiger partial charge in [0.2, 0.25) is 0 Å². The zero-order valence-electron chi connectivity index (χ0n) is 19.3. The third kappa shape index (κ3) is 4.84. The third-order valence-electron chi connectivity index (χ3n) is 6.20. The molecule has 170 valence electrons. The van der Waals surface area contributed by atoms with Gasteiger partial charge in [-0.15, -0.1) is 11.8 Å². The predicted octanol–water partition coefficient (Wildman–Crippen LogP) is 9.54. The molecule has 1 aliphatic rings. The van der Waals surface area contributed by atoms with E-state index in [0.717, 1.165) is 41.2 Å². The van der Waals surface area contributed by atoms with Crippen LogP contribution in [0.5, 0.6) is 0 Å². The summed E-state index contributed by atoms with van der Waals surface area (Å²) in [7, 11) is 0. The van der Waals surface area contributed by atoms with E-state index in [0.29, 0.717) is 0 Å². The third-order valence-corrected chi connectivity index (χ3v) is 8.90. The maximum Gasteiger partial charge on any atom is 0.0723 e. The summed E-state index contributed by atoms with van der Waals surface area (Å²) in [5, 5.41) is 0.776. The molecule has 34 heavy (non-hydrogen) atoms. The topological polar surface area (TPSA) is 12.9 Å². The average molecular weight is 500 g/mol. The Bertz CT molecular complexity index is 1350. The van der Waals surface area contributed by atoms with Crippen molar-refractivity contribution >= 4 is 40.7 Å². The summed E-state index contributed by atoms with van der Waals surface area (Å²) in [6, 6.07) is 29.7. The normalized spacial score (nSPS) is 14.6. The minimum Gasteiger partial charge on any atom is -0.248 e. The van der Waals surface area contributed by atoms with Crippen molar-refractivity contribution in [3.8, 4) is 22.4 Å². The minimum atomic E-state index is 0.776. The summed E-state index contributed by atoms with van der Waals surface area (Å²) in [6.45, 7) is 2.15. The molecular formula is C30H26ClNS2. The van der Waals surface area contributed by atoms with Gasteiger partial charge in [-0.1, -0.05) is 90.1 Å². The highest BCUT2D eigenvalue weighted by Gasteiger charge is 2.24. The van der Waals surface area contributed by atoms with Gasteiger partial charge >= 0.3 is 0 Å². The summed E-state index contributed by atoms with van der Waals surface area (Å²) in [5.74, 6) is 0. The van der Waals surface area contributed by atoms with E-state index in [9.17, 15) is 0 Å². The van der Waals surface area contributed by atoms with Gasteiger partial charge < -0.3 is 0 Å². The van der Waals surface area contributed by atoms with Gasteiger partial charge in [0.15, 0.2) is 0 Å². The largest absolute Gasteiger partial charge is 0.248 e. The lowest BCUT2D eigenvalue weighted by molar-refractivity contribution is 0.811. The second-order valence-corrected chi connectivity index (χ2v) is 11.0. The molecule has 5 rings (SSSR count). The number of aromatic nitrogens is 1. The van der Waals surface area contributed by atoms with Crippen molar-refractivity contribution < 1.29 is 0 Å². The Morgan fingerprint density at radius 2 is 1.56 bits per heavy atom. The number of nitrogens with zero attached hydrogens (tertiary/aromatic N) is 1. The Hall–Kier alpha value is -2.46. The summed E-state index contributed by atoms with van der Waals surface area (Å²) in [4.78, 5) is 6.50. The van der Waals surface area contributed by atoms with Crippen LogP contribution >= 0.6 is 35.1 Å². The molecule has 3 aromatic carbocycles. The van der Waals surface area contributed by atoms with Crippen LogP contribution in [0.25, 0.3) is 28.0 Å². The lowest BCUT2D eigenvalue weighted by atomic mass is 9.86. The van der Waals surface area contributed by atoms with Crippen LogP contribution in [0.2, 0.25) is 5.02 Å². The summed E-state index contributed by atoms with van der Waals surface area (Å²) in [6.07, 6.45) is 5.39. The van der Waals surface area contributed by atoms with Gasteiger partial charge in [-0.3, -0.25) is 0 Å². The number of halogens is 1. The predicted molar refractivity (Wildman–Crippen MR) is 151 cm³/mol. The van der Waals surface area contributed by atoms with E-state index >= 15 is 0 Å². The number of hydrogen-bond acceptors (Lipinski definition) is 3. The number of thioether (sulfide) groups is 2. The first-order valence-corrected chi connectivity index (χ1v) is 13.9. The molecule has 0 aliphatic heterocycles. The van der Waals surface area contributed by atoms with Crippen LogP contribution in [0.15, 0.2) is 94.1 Å². The molecule has 0 N–H and O–H groups in total. The van der Waals surface area contributed by atoms with Gasteiger partial charge in [0.25, 0.3) is 0 Å². The maximum atomic E-state index is 6.34. The van der Waals surface area contributed by atoms with Gasteiger partial charge in [0.05, 0.1) is 15.6 Å². The highest BCUT2D eigenvalue weighted by atomic mass is 35.5. The van der Waals surface area contributed by atoms with Gasteiger partial charge in [-0.25, -0.2) is 4.98 Å². The molecular weight excluding hydrogens is 474 g/mol. The second-order valence-electron chi connectivity index (χ2n) is 8.45. The van der Waals surface area contributed by atoms with Crippen LogP contribution in [0.1, 0.15) is 29.7 Å². The summed E-state index contributed by atoms with van der Waals surface area (Å²) in [5.41, 5.74) is 9.85. The molecule has 4 heteroatoms. The van der Waals surface area contributed by atoms with Gasteiger partial charge in [0.1, 0.15) is 0 Å². The molecule has 0 radical (unpaired) electrons. The lowest BCUT2D eigenvalue weighted by Crippen LogP contribution is -2.09. The van der Waals surface area contributed by atoms with E-state index in [2.05, 4.69) is 92.0 Å². The van der Waals surface area contributed by atoms with E-state index in [1.54, 1.807) is 0 Å². The van der Waals surface area contributed by atoms with Crippen LogP contribution in [0, 0.1) is 6.92 Å². The first kappa shape index (κ1) is 23.3. The molecule has 1 aromatic heterocycles. The highest BCUT2D eigenvalue weighted by molar-refractivity contribution is 8.22. The number of fused-ring (bicyclic) bond motifs is 1. The van der Waals surface area contributed by atoms with Gasteiger partial charge in [-0.2, -0.15) is 0 Å². The quantitative estimate of drug-likeness (QED) is 0.254. The number of aryl methyl sites for hydroxylation is 1. The minimum absolute atomic E-state index is 0.776. The molecule has 1 nitrogen and oxygen atoms in total. The Morgan fingerprint density at radius 3 is 2.26 bits per heavy atom. The van der Waals surface area contributed by atoms with E-state index in [1.807, 2.05) is 29.6 Å². The Kier molecular flexibility index (Phi) is 7.15. The monoisotopic (exact) mass is 499 g/mol. The lowest BCUT2D eigenvalue weighted by Gasteiger charge is -2.25. The molecule has 0 unspecified atom stereocenters. The fraction of sp³-hybridized carbons (Fsp3) is 0.167. The summed E-state index contributed by atoms with van der Waals surface area (Å²) >= 11 is 9.97. The fourth-order valence-electron chi connectivity index (χ4n) is 4.48. The molecule has 0 bridgehead atoms. The molecule has 4 aromatic rings. The Morgan fingerprint density at radius 1 is 0.853 bits per heavy atom. The summed E-state index contributed by atoms with van der Waals surface area (Å²) < 4.78 is 1.31. The van der Waals surface area contributed by atoms with Crippen molar-refractivity contribution in [2.45, 2.75) is 31.1 Å². The van der Waals surface area contributed by atoms with Gasteiger partial charge in [-0.05, 0) is 78.5 Å².